The number of halogens is 2. The maximum absolute atomic E-state index is 13.5. The van der Waals surface area contributed by atoms with Crippen LogP contribution in [0.2, 0.25) is 5.02 Å². The summed E-state index contributed by atoms with van der Waals surface area (Å²) in [5, 5.41) is 5.99. The molecule has 2 aliphatic heterocycles. The van der Waals surface area contributed by atoms with Crippen LogP contribution in [0.3, 0.4) is 0 Å². The van der Waals surface area contributed by atoms with Crippen LogP contribution in [-0.2, 0) is 11.3 Å². The van der Waals surface area contributed by atoms with Crippen molar-refractivity contribution in [3.8, 4) is 5.75 Å². The zero-order chi connectivity index (χ0) is 29.9. The van der Waals surface area contributed by atoms with Gasteiger partial charge in [0.1, 0.15) is 17.5 Å². The predicted molar refractivity (Wildman–Crippen MR) is 164 cm³/mol. The SMILES string of the molecule is CC(=O)N1CCC(Oc2ccc(N3CCCC3c3csc(NC(=O)c4cccn4Cc4ccnc(F)c4)n3)cc2Cl)CC1. The highest BCUT2D eigenvalue weighted by Crippen LogP contribution is 2.40. The molecule has 9 nitrogen and oxygen atoms in total. The molecular weight excluding hydrogens is 591 g/mol. The highest BCUT2D eigenvalue weighted by atomic mass is 35.5. The van der Waals surface area contributed by atoms with Gasteiger partial charge in [-0.15, -0.1) is 11.3 Å². The van der Waals surface area contributed by atoms with Gasteiger partial charge in [-0.1, -0.05) is 11.6 Å². The Balaban J connectivity index is 1.09. The lowest BCUT2D eigenvalue weighted by atomic mass is 10.1. The average Bonchev–Trinajstić information content (AvgIpc) is 3.76. The van der Waals surface area contributed by atoms with E-state index in [0.717, 1.165) is 43.6 Å². The largest absolute Gasteiger partial charge is 0.489 e. The summed E-state index contributed by atoms with van der Waals surface area (Å²) in [5.74, 6) is -0.0827. The molecule has 1 atom stereocenters. The number of ether oxygens (including phenoxy) is 1. The molecule has 5 heterocycles. The first-order valence-electron chi connectivity index (χ1n) is 14.3. The van der Waals surface area contributed by atoms with Crippen molar-refractivity contribution in [2.45, 2.75) is 51.3 Å². The number of nitrogens with zero attached hydrogens (tertiary/aromatic N) is 5. The molecule has 2 saturated heterocycles. The maximum atomic E-state index is 13.5. The van der Waals surface area contributed by atoms with Gasteiger partial charge in [0.05, 0.1) is 16.8 Å². The van der Waals surface area contributed by atoms with E-state index in [1.54, 1.807) is 35.9 Å². The third kappa shape index (κ3) is 6.67. The molecule has 0 radical (unpaired) electrons. The number of rotatable bonds is 8. The van der Waals surface area contributed by atoms with Gasteiger partial charge in [0, 0.05) is 69.4 Å². The number of amides is 2. The summed E-state index contributed by atoms with van der Waals surface area (Å²) in [5.41, 5.74) is 3.06. The number of anilines is 2. The number of hydrogen-bond acceptors (Lipinski definition) is 7. The van der Waals surface area contributed by atoms with E-state index in [4.69, 9.17) is 21.3 Å². The van der Waals surface area contributed by atoms with E-state index >= 15 is 0 Å². The van der Waals surface area contributed by atoms with E-state index in [9.17, 15) is 14.0 Å². The highest BCUT2D eigenvalue weighted by Gasteiger charge is 2.29. The minimum atomic E-state index is -0.554. The number of pyridine rings is 1. The molecule has 2 amide bonds. The highest BCUT2D eigenvalue weighted by molar-refractivity contribution is 7.14. The third-order valence-corrected chi connectivity index (χ3v) is 9.04. The van der Waals surface area contributed by atoms with Crippen molar-refractivity contribution < 1.29 is 18.7 Å². The molecule has 3 aromatic heterocycles. The van der Waals surface area contributed by atoms with E-state index in [1.165, 1.54) is 23.6 Å². The number of carbonyl (C=O) groups is 2. The lowest BCUT2D eigenvalue weighted by Gasteiger charge is -2.32. The summed E-state index contributed by atoms with van der Waals surface area (Å²) in [6.45, 7) is 4.20. The van der Waals surface area contributed by atoms with E-state index in [-0.39, 0.29) is 24.0 Å². The Morgan fingerprint density at radius 3 is 2.74 bits per heavy atom. The van der Waals surface area contributed by atoms with Crippen LogP contribution in [0.1, 0.15) is 60.4 Å². The second-order valence-corrected chi connectivity index (χ2v) is 12.1. The van der Waals surface area contributed by atoms with E-state index in [1.807, 2.05) is 28.5 Å². The number of piperidine rings is 1. The zero-order valence-electron chi connectivity index (χ0n) is 23.7. The molecule has 1 aromatic carbocycles. The van der Waals surface area contributed by atoms with Crippen LogP contribution in [0.15, 0.2) is 60.2 Å². The fourth-order valence-corrected chi connectivity index (χ4v) is 6.74. The molecule has 0 bridgehead atoms. The number of thiazole rings is 1. The normalized spacial score (nSPS) is 17.3. The van der Waals surface area contributed by atoms with Crippen molar-refractivity contribution in [1.29, 1.82) is 0 Å². The fourth-order valence-electron chi connectivity index (χ4n) is 5.77. The molecule has 6 rings (SSSR count). The smallest absolute Gasteiger partial charge is 0.274 e. The maximum Gasteiger partial charge on any atom is 0.274 e. The summed E-state index contributed by atoms with van der Waals surface area (Å²) >= 11 is 8.07. The van der Waals surface area contributed by atoms with Crippen molar-refractivity contribution in [2.75, 3.05) is 29.9 Å². The van der Waals surface area contributed by atoms with E-state index < -0.39 is 5.95 Å². The Bertz CT molecular complexity index is 1620. The van der Waals surface area contributed by atoms with Gasteiger partial charge in [0.15, 0.2) is 5.13 Å². The van der Waals surface area contributed by atoms with Crippen LogP contribution in [0.25, 0.3) is 0 Å². The number of aromatic nitrogens is 3. The second kappa shape index (κ2) is 12.7. The van der Waals surface area contributed by atoms with Gasteiger partial charge in [0.25, 0.3) is 5.91 Å². The average molecular weight is 623 g/mol. The molecular formula is C31H32ClFN6O3S. The minimum absolute atomic E-state index is 0.0311. The zero-order valence-corrected chi connectivity index (χ0v) is 25.3. The molecule has 0 spiro atoms. The standard InChI is InChI=1S/C31H32ClFN6O3S/c1-20(40)37-14-9-23(10-15-37)42-28-7-6-22(17-24(28)32)39-13-3-4-26(39)25-19-43-31(35-25)36-30(41)27-5-2-12-38(27)18-21-8-11-34-29(33)16-21/h2,5-8,11-12,16-17,19,23,26H,3-4,9-10,13-15,18H2,1H3,(H,35,36,41). The first-order chi connectivity index (χ1) is 20.8. The van der Waals surface area contributed by atoms with Gasteiger partial charge in [-0.25, -0.2) is 9.97 Å². The van der Waals surface area contributed by atoms with Gasteiger partial charge in [-0.05, 0) is 60.9 Å². The first-order valence-corrected chi connectivity index (χ1v) is 15.6. The lowest BCUT2D eigenvalue weighted by Crippen LogP contribution is -2.40. The van der Waals surface area contributed by atoms with Gasteiger partial charge in [-0.3, -0.25) is 14.9 Å². The summed E-state index contributed by atoms with van der Waals surface area (Å²) in [6.07, 6.45) is 6.75. The lowest BCUT2D eigenvalue weighted by molar-refractivity contribution is -0.130. The van der Waals surface area contributed by atoms with Crippen molar-refractivity contribution in [3.63, 3.8) is 0 Å². The quantitative estimate of drug-likeness (QED) is 0.237. The van der Waals surface area contributed by atoms with Crippen LogP contribution < -0.4 is 15.0 Å². The molecule has 4 aromatic rings. The molecule has 2 aliphatic rings. The first kappa shape index (κ1) is 29.1. The molecule has 1 N–H and O–H groups in total. The van der Waals surface area contributed by atoms with Gasteiger partial charge in [0.2, 0.25) is 11.9 Å². The van der Waals surface area contributed by atoms with Gasteiger partial charge in [-0.2, -0.15) is 4.39 Å². The Morgan fingerprint density at radius 1 is 1.14 bits per heavy atom. The number of carbonyl (C=O) groups excluding carboxylic acids is 2. The third-order valence-electron chi connectivity index (χ3n) is 7.97. The molecule has 2 fully saturated rings. The summed E-state index contributed by atoms with van der Waals surface area (Å²) in [6, 6.07) is 12.6. The molecule has 1 unspecified atom stereocenters. The molecule has 12 heteroatoms. The minimum Gasteiger partial charge on any atom is -0.489 e. The topological polar surface area (TPSA) is 92.6 Å². The van der Waals surface area contributed by atoms with Gasteiger partial charge >= 0.3 is 0 Å². The molecule has 0 saturated carbocycles. The number of nitrogens with one attached hydrogen (secondary N) is 1. The van der Waals surface area contributed by atoms with Crippen molar-refractivity contribution >= 4 is 45.6 Å². The summed E-state index contributed by atoms with van der Waals surface area (Å²) in [7, 11) is 0. The Kier molecular flexibility index (Phi) is 8.62. The van der Waals surface area contributed by atoms with Crippen LogP contribution >= 0.6 is 22.9 Å². The predicted octanol–water partition coefficient (Wildman–Crippen LogP) is 6.16. The Labute approximate surface area is 258 Å². The van der Waals surface area contributed by atoms with Crippen molar-refractivity contribution in [1.82, 2.24) is 19.4 Å². The second-order valence-electron chi connectivity index (χ2n) is 10.8. The van der Waals surface area contributed by atoms with Crippen LogP contribution in [0, 0.1) is 5.95 Å². The Morgan fingerprint density at radius 2 is 1.98 bits per heavy atom. The summed E-state index contributed by atoms with van der Waals surface area (Å²) in [4.78, 5) is 37.2. The van der Waals surface area contributed by atoms with E-state index in [2.05, 4.69) is 15.2 Å². The van der Waals surface area contributed by atoms with Crippen LogP contribution in [0.5, 0.6) is 5.75 Å². The number of likely N-dealkylation sites (tertiary alicyclic amines) is 1. The van der Waals surface area contributed by atoms with Crippen molar-refractivity contribution in [3.05, 3.63) is 88.2 Å². The molecule has 43 heavy (non-hydrogen) atoms. The van der Waals surface area contributed by atoms with Crippen LogP contribution in [0.4, 0.5) is 15.2 Å². The monoisotopic (exact) mass is 622 g/mol. The summed E-state index contributed by atoms with van der Waals surface area (Å²) < 4.78 is 21.5. The fraction of sp³-hybridized carbons (Fsp3) is 0.355. The number of hydrogen-bond donors (Lipinski definition) is 1. The Hall–Kier alpha value is -3.96. The van der Waals surface area contributed by atoms with Gasteiger partial charge < -0.3 is 19.1 Å². The molecule has 224 valence electrons. The van der Waals surface area contributed by atoms with Crippen LogP contribution in [-0.4, -0.2) is 57.0 Å². The van der Waals surface area contributed by atoms with E-state index in [0.29, 0.717) is 46.8 Å². The number of benzene rings is 1. The molecule has 0 aliphatic carbocycles. The van der Waals surface area contributed by atoms with Crippen molar-refractivity contribution in [2.24, 2.45) is 0 Å².